The molecule has 1 rings (SSSR count). The molecule has 0 aliphatic carbocycles. The van der Waals surface area contributed by atoms with Crippen molar-refractivity contribution in [3.8, 4) is 0 Å². The molecule has 0 fully saturated rings. The topological polar surface area (TPSA) is 25.8 Å². The summed E-state index contributed by atoms with van der Waals surface area (Å²) in [7, 11) is 0. The third-order valence-electron chi connectivity index (χ3n) is 1.57. The highest BCUT2D eigenvalue weighted by Crippen LogP contribution is 2.27. The highest BCUT2D eigenvalue weighted by Gasteiger charge is 2.32. The molecule has 0 unspecified atom stereocenters. The SMILES string of the molecule is CC(C)c1ccc(C(F)(F)F)nn1. The van der Waals surface area contributed by atoms with Crippen molar-refractivity contribution in [2.75, 3.05) is 0 Å². The first-order valence-corrected chi connectivity index (χ1v) is 3.82. The maximum absolute atomic E-state index is 12.0. The van der Waals surface area contributed by atoms with E-state index in [9.17, 15) is 13.2 Å². The van der Waals surface area contributed by atoms with Gasteiger partial charge in [0.2, 0.25) is 0 Å². The average molecular weight is 190 g/mol. The summed E-state index contributed by atoms with van der Waals surface area (Å²) >= 11 is 0. The van der Waals surface area contributed by atoms with Crippen molar-refractivity contribution < 1.29 is 13.2 Å². The lowest BCUT2D eigenvalue weighted by molar-refractivity contribution is -0.141. The van der Waals surface area contributed by atoms with Gasteiger partial charge in [-0.1, -0.05) is 13.8 Å². The predicted octanol–water partition coefficient (Wildman–Crippen LogP) is 2.62. The first-order valence-electron chi connectivity index (χ1n) is 3.82. The Kier molecular flexibility index (Phi) is 2.54. The molecule has 5 heteroatoms. The molecule has 1 heterocycles. The maximum atomic E-state index is 12.0. The fourth-order valence-electron chi connectivity index (χ4n) is 0.802. The smallest absolute Gasteiger partial charge is 0.164 e. The van der Waals surface area contributed by atoms with Crippen LogP contribution in [0.5, 0.6) is 0 Å². The second-order valence-corrected chi connectivity index (χ2v) is 3.00. The van der Waals surface area contributed by atoms with E-state index in [0.29, 0.717) is 5.69 Å². The van der Waals surface area contributed by atoms with Crippen molar-refractivity contribution in [2.24, 2.45) is 0 Å². The molecule has 0 saturated heterocycles. The molecule has 2 nitrogen and oxygen atoms in total. The number of alkyl halides is 3. The van der Waals surface area contributed by atoms with Gasteiger partial charge in [-0.25, -0.2) is 0 Å². The summed E-state index contributed by atoms with van der Waals surface area (Å²) in [5, 5.41) is 6.57. The molecule has 0 radical (unpaired) electrons. The standard InChI is InChI=1S/C8H9F3N2/c1-5(2)6-3-4-7(13-12-6)8(9,10)11/h3-5H,1-2H3. The Balaban J connectivity index is 2.94. The van der Waals surface area contributed by atoms with Gasteiger partial charge in [-0.05, 0) is 18.1 Å². The van der Waals surface area contributed by atoms with Gasteiger partial charge < -0.3 is 0 Å². The van der Waals surface area contributed by atoms with Gasteiger partial charge in [-0.15, -0.1) is 5.10 Å². The highest BCUT2D eigenvalue weighted by molar-refractivity contribution is 5.11. The van der Waals surface area contributed by atoms with Crippen LogP contribution in [0.3, 0.4) is 0 Å². The monoisotopic (exact) mass is 190 g/mol. The fourth-order valence-corrected chi connectivity index (χ4v) is 0.802. The lowest BCUT2D eigenvalue weighted by Crippen LogP contribution is -2.10. The number of hydrogen-bond donors (Lipinski definition) is 0. The first kappa shape index (κ1) is 9.95. The van der Waals surface area contributed by atoms with Crippen molar-refractivity contribution in [3.05, 3.63) is 23.5 Å². The summed E-state index contributed by atoms with van der Waals surface area (Å²) in [6.07, 6.45) is -4.40. The highest BCUT2D eigenvalue weighted by atomic mass is 19.4. The van der Waals surface area contributed by atoms with Gasteiger partial charge in [0.1, 0.15) is 0 Å². The number of aromatic nitrogens is 2. The van der Waals surface area contributed by atoms with Crippen molar-refractivity contribution in [2.45, 2.75) is 25.9 Å². The molecule has 1 aromatic rings. The molecule has 0 atom stereocenters. The van der Waals surface area contributed by atoms with E-state index in [0.717, 1.165) is 6.07 Å². The molecule has 0 N–H and O–H groups in total. The second-order valence-electron chi connectivity index (χ2n) is 3.00. The molecule has 0 aliphatic rings. The van der Waals surface area contributed by atoms with E-state index in [1.165, 1.54) is 6.07 Å². The van der Waals surface area contributed by atoms with Crippen LogP contribution in [-0.2, 0) is 6.18 Å². The molecular formula is C8H9F3N2. The molecule has 72 valence electrons. The van der Waals surface area contributed by atoms with Crippen LogP contribution in [0.4, 0.5) is 13.2 Å². The predicted molar refractivity (Wildman–Crippen MR) is 41.1 cm³/mol. The summed E-state index contributed by atoms with van der Waals surface area (Å²) in [6, 6.07) is 2.29. The Morgan fingerprint density at radius 1 is 1.15 bits per heavy atom. The van der Waals surface area contributed by atoms with Crippen LogP contribution in [0.15, 0.2) is 12.1 Å². The van der Waals surface area contributed by atoms with Crippen LogP contribution in [-0.4, -0.2) is 10.2 Å². The molecular weight excluding hydrogens is 181 g/mol. The van der Waals surface area contributed by atoms with Gasteiger partial charge in [0, 0.05) is 0 Å². The summed E-state index contributed by atoms with van der Waals surface area (Å²) in [5.74, 6) is 0.0924. The molecule has 0 aliphatic heterocycles. The third kappa shape index (κ3) is 2.40. The summed E-state index contributed by atoms with van der Waals surface area (Å²) < 4.78 is 36.1. The lowest BCUT2D eigenvalue weighted by Gasteiger charge is -2.06. The number of halogens is 3. The van der Waals surface area contributed by atoms with Crippen LogP contribution in [0, 0.1) is 0 Å². The van der Waals surface area contributed by atoms with Crippen LogP contribution in [0.25, 0.3) is 0 Å². The van der Waals surface area contributed by atoms with Crippen molar-refractivity contribution in [1.82, 2.24) is 10.2 Å². The van der Waals surface area contributed by atoms with Gasteiger partial charge in [0.05, 0.1) is 5.69 Å². The molecule has 0 bridgehead atoms. The zero-order chi connectivity index (χ0) is 10.1. The van der Waals surface area contributed by atoms with E-state index < -0.39 is 11.9 Å². The summed E-state index contributed by atoms with van der Waals surface area (Å²) in [5.41, 5.74) is -0.384. The van der Waals surface area contributed by atoms with Gasteiger partial charge in [0.15, 0.2) is 5.69 Å². The van der Waals surface area contributed by atoms with Crippen molar-refractivity contribution in [3.63, 3.8) is 0 Å². The Hall–Kier alpha value is -1.13. The molecule has 13 heavy (non-hydrogen) atoms. The minimum Gasteiger partial charge on any atom is -0.164 e. The maximum Gasteiger partial charge on any atom is 0.435 e. The minimum absolute atomic E-state index is 0.0924. The van der Waals surface area contributed by atoms with Crippen LogP contribution < -0.4 is 0 Å². The third-order valence-corrected chi connectivity index (χ3v) is 1.57. The Bertz CT molecular complexity index is 276. The van der Waals surface area contributed by atoms with Crippen molar-refractivity contribution in [1.29, 1.82) is 0 Å². The largest absolute Gasteiger partial charge is 0.435 e. The van der Waals surface area contributed by atoms with Gasteiger partial charge >= 0.3 is 6.18 Å². The number of rotatable bonds is 1. The number of hydrogen-bond acceptors (Lipinski definition) is 2. The minimum atomic E-state index is -4.40. The van der Waals surface area contributed by atoms with Crippen LogP contribution in [0.1, 0.15) is 31.2 Å². The van der Waals surface area contributed by atoms with E-state index in [-0.39, 0.29) is 5.92 Å². The molecule has 0 saturated carbocycles. The normalized spacial score (nSPS) is 12.2. The average Bonchev–Trinajstić information content (AvgIpc) is 2.03. The van der Waals surface area contributed by atoms with Crippen LogP contribution in [0.2, 0.25) is 0 Å². The zero-order valence-corrected chi connectivity index (χ0v) is 7.26. The second kappa shape index (κ2) is 3.32. The van der Waals surface area contributed by atoms with Gasteiger partial charge in [-0.2, -0.15) is 18.3 Å². The quantitative estimate of drug-likeness (QED) is 0.680. The first-order chi connectivity index (χ1) is 5.91. The van der Waals surface area contributed by atoms with E-state index >= 15 is 0 Å². The molecule has 0 aromatic carbocycles. The molecule has 1 aromatic heterocycles. The molecule has 0 spiro atoms. The van der Waals surface area contributed by atoms with E-state index in [4.69, 9.17) is 0 Å². The Morgan fingerprint density at radius 2 is 1.77 bits per heavy atom. The summed E-state index contributed by atoms with van der Waals surface area (Å²) in [6.45, 7) is 3.69. The zero-order valence-electron chi connectivity index (χ0n) is 7.26. The van der Waals surface area contributed by atoms with E-state index in [2.05, 4.69) is 10.2 Å². The Morgan fingerprint density at radius 3 is 2.08 bits per heavy atom. The van der Waals surface area contributed by atoms with Crippen molar-refractivity contribution >= 4 is 0 Å². The number of nitrogens with zero attached hydrogens (tertiary/aromatic N) is 2. The lowest BCUT2D eigenvalue weighted by atomic mass is 10.1. The van der Waals surface area contributed by atoms with E-state index in [1.54, 1.807) is 0 Å². The van der Waals surface area contributed by atoms with E-state index in [1.807, 2.05) is 13.8 Å². The van der Waals surface area contributed by atoms with Gasteiger partial charge in [0.25, 0.3) is 0 Å². The summed E-state index contributed by atoms with van der Waals surface area (Å²) in [4.78, 5) is 0. The Labute approximate surface area is 73.8 Å². The van der Waals surface area contributed by atoms with Gasteiger partial charge in [-0.3, -0.25) is 0 Å². The molecule has 0 amide bonds. The fraction of sp³-hybridized carbons (Fsp3) is 0.500. The van der Waals surface area contributed by atoms with Crippen LogP contribution >= 0.6 is 0 Å².